The zero-order valence-corrected chi connectivity index (χ0v) is 14.6. The van der Waals surface area contributed by atoms with Crippen LogP contribution in [0, 0.1) is 0 Å². The minimum Gasteiger partial charge on any atom is -0.377 e. The van der Waals surface area contributed by atoms with Crippen molar-refractivity contribution in [1.29, 1.82) is 0 Å². The number of benzene rings is 1. The average Bonchev–Trinajstić information content (AvgIpc) is 2.84. The summed E-state index contributed by atoms with van der Waals surface area (Å²) in [6.45, 7) is 2.44. The maximum atomic E-state index is 12.3. The maximum Gasteiger partial charge on any atom is 0.321 e. The topological polar surface area (TPSA) is 46.5 Å². The van der Waals surface area contributed by atoms with Gasteiger partial charge in [0.05, 0.1) is 17.7 Å². The third-order valence-corrected chi connectivity index (χ3v) is 3.99. The molecule has 6 heteroatoms. The number of anilines is 1. The largest absolute Gasteiger partial charge is 0.377 e. The highest BCUT2D eigenvalue weighted by Gasteiger charge is 2.12. The van der Waals surface area contributed by atoms with E-state index in [0.29, 0.717) is 11.6 Å². The van der Waals surface area contributed by atoms with Gasteiger partial charge in [0.15, 0.2) is 0 Å². The van der Waals surface area contributed by atoms with Gasteiger partial charge in [-0.3, -0.25) is 0 Å². The smallest absolute Gasteiger partial charge is 0.321 e. The van der Waals surface area contributed by atoms with Crippen molar-refractivity contribution >= 4 is 23.3 Å². The molecule has 0 aliphatic carbocycles. The van der Waals surface area contributed by atoms with E-state index in [1.54, 1.807) is 19.1 Å². The predicted molar refractivity (Wildman–Crippen MR) is 92.8 cm³/mol. The molecule has 23 heavy (non-hydrogen) atoms. The first kappa shape index (κ1) is 17.4. The highest BCUT2D eigenvalue weighted by molar-refractivity contribution is 6.30. The van der Waals surface area contributed by atoms with Gasteiger partial charge in [-0.05, 0) is 30.7 Å². The van der Waals surface area contributed by atoms with Crippen LogP contribution in [-0.2, 0) is 18.3 Å². The number of aromatic nitrogens is 1. The number of hydrogen-bond acceptors (Lipinski definition) is 2. The number of amides is 2. The van der Waals surface area contributed by atoms with E-state index in [1.807, 2.05) is 55.1 Å². The summed E-state index contributed by atoms with van der Waals surface area (Å²) < 4.78 is 7.21. The van der Waals surface area contributed by atoms with Crippen molar-refractivity contribution in [3.8, 4) is 0 Å². The lowest BCUT2D eigenvalue weighted by Gasteiger charge is -2.19. The fourth-order valence-electron chi connectivity index (χ4n) is 2.26. The van der Waals surface area contributed by atoms with E-state index in [2.05, 4.69) is 5.32 Å². The number of nitrogens with one attached hydrogen (secondary N) is 1. The molecule has 0 fully saturated rings. The van der Waals surface area contributed by atoms with Crippen molar-refractivity contribution in [2.45, 2.75) is 19.6 Å². The molecule has 1 N–H and O–H groups in total. The van der Waals surface area contributed by atoms with Crippen LogP contribution in [0.15, 0.2) is 36.5 Å². The first-order valence-electron chi connectivity index (χ1n) is 7.36. The van der Waals surface area contributed by atoms with Crippen LogP contribution in [-0.4, -0.2) is 29.7 Å². The van der Waals surface area contributed by atoms with Crippen molar-refractivity contribution in [3.63, 3.8) is 0 Å². The zero-order chi connectivity index (χ0) is 17.0. The minimum atomic E-state index is -0.176. The summed E-state index contributed by atoms with van der Waals surface area (Å²) in [6, 6.07) is 9.32. The summed E-state index contributed by atoms with van der Waals surface area (Å²) in [5.74, 6) is 0. The predicted octanol–water partition coefficient (Wildman–Crippen LogP) is 4.05. The van der Waals surface area contributed by atoms with Crippen LogP contribution in [0.2, 0.25) is 5.02 Å². The molecule has 1 aromatic heterocycles. The second-order valence-corrected chi connectivity index (χ2v) is 5.99. The van der Waals surface area contributed by atoms with Gasteiger partial charge in [-0.1, -0.05) is 23.7 Å². The Labute approximate surface area is 141 Å². The van der Waals surface area contributed by atoms with E-state index >= 15 is 0 Å². The molecule has 1 heterocycles. The molecule has 5 nitrogen and oxygen atoms in total. The van der Waals surface area contributed by atoms with Gasteiger partial charge in [0.25, 0.3) is 0 Å². The van der Waals surface area contributed by atoms with Gasteiger partial charge in [0.2, 0.25) is 0 Å². The first-order chi connectivity index (χ1) is 10.9. The van der Waals surface area contributed by atoms with E-state index < -0.39 is 0 Å². The summed E-state index contributed by atoms with van der Waals surface area (Å²) in [5, 5.41) is 3.56. The van der Waals surface area contributed by atoms with Crippen LogP contribution in [0.1, 0.15) is 24.3 Å². The standard InChI is InChI=1S/C17H22ClN3O2/c1-12(23-4)13-6-5-7-15(8-13)19-17(22)21(3)11-16-9-14(18)10-20(16)2/h5-10,12H,11H2,1-4H3,(H,19,22). The second-order valence-electron chi connectivity index (χ2n) is 5.55. The number of urea groups is 1. The molecule has 0 aliphatic rings. The van der Waals surface area contributed by atoms with E-state index in [9.17, 15) is 4.79 Å². The lowest BCUT2D eigenvalue weighted by molar-refractivity contribution is 0.119. The van der Waals surface area contributed by atoms with Gasteiger partial charge in [-0.15, -0.1) is 0 Å². The molecule has 0 bridgehead atoms. The zero-order valence-electron chi connectivity index (χ0n) is 13.8. The van der Waals surface area contributed by atoms with Crippen LogP contribution in [0.5, 0.6) is 0 Å². The summed E-state index contributed by atoms with van der Waals surface area (Å²) in [6.07, 6.45) is 1.80. The molecule has 0 saturated carbocycles. The molecule has 124 valence electrons. The van der Waals surface area contributed by atoms with E-state index in [-0.39, 0.29) is 12.1 Å². The highest BCUT2D eigenvalue weighted by atomic mass is 35.5. The molecule has 1 aromatic carbocycles. The quantitative estimate of drug-likeness (QED) is 0.896. The molecule has 0 radical (unpaired) electrons. The molecule has 2 amide bonds. The number of rotatable bonds is 5. The molecule has 1 atom stereocenters. The maximum absolute atomic E-state index is 12.3. The fraction of sp³-hybridized carbons (Fsp3) is 0.353. The lowest BCUT2D eigenvalue weighted by Crippen LogP contribution is -2.31. The van der Waals surface area contributed by atoms with Gasteiger partial charge in [-0.2, -0.15) is 0 Å². The Kier molecular flexibility index (Phi) is 5.69. The number of hydrogen-bond donors (Lipinski definition) is 1. The molecule has 0 spiro atoms. The van der Waals surface area contributed by atoms with E-state index in [4.69, 9.17) is 16.3 Å². The average molecular weight is 336 g/mol. The third-order valence-electron chi connectivity index (χ3n) is 3.78. The van der Waals surface area contributed by atoms with Crippen molar-refractivity contribution in [2.75, 3.05) is 19.5 Å². The SMILES string of the molecule is COC(C)c1cccc(NC(=O)N(C)Cc2cc(Cl)cn2C)c1. The van der Waals surface area contributed by atoms with Crippen LogP contribution in [0.25, 0.3) is 0 Å². The normalized spacial score (nSPS) is 12.0. The third kappa shape index (κ3) is 4.50. The monoisotopic (exact) mass is 335 g/mol. The Morgan fingerprint density at radius 2 is 2.17 bits per heavy atom. The van der Waals surface area contributed by atoms with Crippen molar-refractivity contribution in [2.24, 2.45) is 7.05 Å². The van der Waals surface area contributed by atoms with E-state index in [0.717, 1.165) is 16.9 Å². The number of carbonyl (C=O) groups is 1. The molecular formula is C17H22ClN3O2. The molecule has 2 rings (SSSR count). The summed E-state index contributed by atoms with van der Waals surface area (Å²) in [7, 11) is 5.31. The summed E-state index contributed by atoms with van der Waals surface area (Å²) in [4.78, 5) is 13.9. The first-order valence-corrected chi connectivity index (χ1v) is 7.74. The van der Waals surface area contributed by atoms with Crippen molar-refractivity contribution in [3.05, 3.63) is 52.8 Å². The van der Waals surface area contributed by atoms with Crippen molar-refractivity contribution < 1.29 is 9.53 Å². The number of methoxy groups -OCH3 is 1. The number of ether oxygens (including phenoxy) is 1. The van der Waals surface area contributed by atoms with Gasteiger partial charge in [0, 0.05) is 38.8 Å². The van der Waals surface area contributed by atoms with Crippen LogP contribution >= 0.6 is 11.6 Å². The van der Waals surface area contributed by atoms with Crippen LogP contribution in [0.3, 0.4) is 0 Å². The summed E-state index contributed by atoms with van der Waals surface area (Å²) >= 11 is 5.97. The van der Waals surface area contributed by atoms with E-state index in [1.165, 1.54) is 0 Å². The Morgan fingerprint density at radius 1 is 1.43 bits per heavy atom. The highest BCUT2D eigenvalue weighted by Crippen LogP contribution is 2.20. The van der Waals surface area contributed by atoms with Crippen molar-refractivity contribution in [1.82, 2.24) is 9.47 Å². The number of halogens is 1. The Balaban J connectivity index is 2.02. The Bertz CT molecular complexity index is 684. The van der Waals surface area contributed by atoms with Crippen LogP contribution < -0.4 is 5.32 Å². The Morgan fingerprint density at radius 3 is 2.78 bits per heavy atom. The van der Waals surface area contributed by atoms with Gasteiger partial charge >= 0.3 is 6.03 Å². The Hall–Kier alpha value is -1.98. The number of aryl methyl sites for hydroxylation is 1. The van der Waals surface area contributed by atoms with Gasteiger partial charge in [-0.25, -0.2) is 4.79 Å². The van der Waals surface area contributed by atoms with Gasteiger partial charge < -0.3 is 19.5 Å². The van der Waals surface area contributed by atoms with Crippen LogP contribution in [0.4, 0.5) is 10.5 Å². The number of nitrogens with zero attached hydrogens (tertiary/aromatic N) is 2. The lowest BCUT2D eigenvalue weighted by atomic mass is 10.1. The molecule has 0 aliphatic heterocycles. The number of carbonyl (C=O) groups excluding carboxylic acids is 1. The summed E-state index contributed by atoms with van der Waals surface area (Å²) in [5.41, 5.74) is 2.73. The molecule has 0 saturated heterocycles. The fourth-order valence-corrected chi connectivity index (χ4v) is 2.53. The van der Waals surface area contributed by atoms with Gasteiger partial charge in [0.1, 0.15) is 0 Å². The second kappa shape index (κ2) is 7.53. The molecular weight excluding hydrogens is 314 g/mol. The molecule has 2 aromatic rings. The molecule has 1 unspecified atom stereocenters. The minimum absolute atomic E-state index is 0.0184.